The van der Waals surface area contributed by atoms with Crippen LogP contribution >= 0.6 is 0 Å². The number of para-hydroxylation sites is 2. The Hall–Kier alpha value is -2.34. The second-order valence-electron chi connectivity index (χ2n) is 6.91. The summed E-state index contributed by atoms with van der Waals surface area (Å²) in [5.74, 6) is -0.599. The maximum Gasteiger partial charge on any atom is 0.449 e. The molecular formula is C20H20F3N3. The lowest BCUT2D eigenvalue weighted by atomic mass is 10.1. The van der Waals surface area contributed by atoms with Gasteiger partial charge < -0.3 is 4.57 Å². The average molecular weight is 359 g/mol. The van der Waals surface area contributed by atoms with Gasteiger partial charge in [0, 0.05) is 19.6 Å². The molecule has 4 rings (SSSR count). The number of hydrogen-bond donors (Lipinski definition) is 0. The van der Waals surface area contributed by atoms with Crippen molar-refractivity contribution in [2.45, 2.75) is 25.7 Å². The monoisotopic (exact) mass is 359 g/mol. The first-order chi connectivity index (χ1) is 12.5. The Bertz CT molecular complexity index is 886. The number of imidazole rings is 1. The van der Waals surface area contributed by atoms with Gasteiger partial charge in [0.25, 0.3) is 0 Å². The van der Waals surface area contributed by atoms with E-state index in [9.17, 15) is 13.2 Å². The minimum Gasteiger partial charge on any atom is -0.320 e. The van der Waals surface area contributed by atoms with Crippen molar-refractivity contribution in [3.05, 3.63) is 66.0 Å². The van der Waals surface area contributed by atoms with E-state index in [1.807, 2.05) is 18.2 Å². The maximum absolute atomic E-state index is 13.4. The Labute approximate surface area is 150 Å². The predicted molar refractivity (Wildman–Crippen MR) is 94.6 cm³/mol. The van der Waals surface area contributed by atoms with Gasteiger partial charge >= 0.3 is 6.18 Å². The van der Waals surface area contributed by atoms with E-state index < -0.39 is 12.0 Å². The van der Waals surface area contributed by atoms with E-state index in [0.717, 1.165) is 26.1 Å². The minimum absolute atomic E-state index is 0.192. The SMILES string of the molecule is FC(F)(F)c1nc2ccccc2n1C[C@@H]1CCN(Cc2ccccc2)C1. The van der Waals surface area contributed by atoms with Crippen LogP contribution in [0.25, 0.3) is 11.0 Å². The lowest BCUT2D eigenvalue weighted by Crippen LogP contribution is -2.23. The van der Waals surface area contributed by atoms with Crippen molar-refractivity contribution in [1.29, 1.82) is 0 Å². The molecule has 136 valence electrons. The first-order valence-electron chi connectivity index (χ1n) is 8.79. The highest BCUT2D eigenvalue weighted by Crippen LogP contribution is 2.33. The first-order valence-corrected chi connectivity index (χ1v) is 8.79. The van der Waals surface area contributed by atoms with E-state index in [2.05, 4.69) is 22.0 Å². The number of benzene rings is 2. The molecule has 2 aromatic carbocycles. The van der Waals surface area contributed by atoms with Crippen molar-refractivity contribution >= 4 is 11.0 Å². The molecule has 1 saturated heterocycles. The van der Waals surface area contributed by atoms with Gasteiger partial charge in [-0.2, -0.15) is 13.2 Å². The molecule has 0 amide bonds. The molecule has 6 heteroatoms. The number of halogens is 3. The quantitative estimate of drug-likeness (QED) is 0.680. The molecular weight excluding hydrogens is 339 g/mol. The van der Waals surface area contributed by atoms with Crippen molar-refractivity contribution in [3.8, 4) is 0 Å². The summed E-state index contributed by atoms with van der Waals surface area (Å²) in [5, 5.41) is 0. The lowest BCUT2D eigenvalue weighted by Gasteiger charge is -2.18. The van der Waals surface area contributed by atoms with Gasteiger partial charge in [0.1, 0.15) is 0 Å². The summed E-state index contributed by atoms with van der Waals surface area (Å²) in [6.45, 7) is 2.90. The minimum atomic E-state index is -4.44. The topological polar surface area (TPSA) is 21.1 Å². The summed E-state index contributed by atoms with van der Waals surface area (Å²) in [4.78, 5) is 6.15. The summed E-state index contributed by atoms with van der Waals surface area (Å²) in [7, 11) is 0. The number of rotatable bonds is 4. The number of aromatic nitrogens is 2. The zero-order chi connectivity index (χ0) is 18.1. The van der Waals surface area contributed by atoms with Crippen LogP contribution in [0.15, 0.2) is 54.6 Å². The van der Waals surface area contributed by atoms with Gasteiger partial charge in [-0.3, -0.25) is 4.90 Å². The molecule has 1 fully saturated rings. The molecule has 0 aliphatic carbocycles. The molecule has 0 bridgehead atoms. The highest BCUT2D eigenvalue weighted by molar-refractivity contribution is 5.76. The fourth-order valence-electron chi connectivity index (χ4n) is 3.78. The van der Waals surface area contributed by atoms with Crippen LogP contribution in [0.4, 0.5) is 13.2 Å². The van der Waals surface area contributed by atoms with Gasteiger partial charge in [-0.25, -0.2) is 4.98 Å². The van der Waals surface area contributed by atoms with Crippen LogP contribution in [0.1, 0.15) is 17.8 Å². The van der Waals surface area contributed by atoms with Crippen molar-refractivity contribution in [2.24, 2.45) is 5.92 Å². The highest BCUT2D eigenvalue weighted by Gasteiger charge is 2.38. The standard InChI is InChI=1S/C20H20F3N3/c21-20(22,23)19-24-17-8-4-5-9-18(17)26(19)14-16-10-11-25(13-16)12-15-6-2-1-3-7-15/h1-9,16H,10-14H2/t16-/m1/s1. The molecule has 0 spiro atoms. The largest absolute Gasteiger partial charge is 0.449 e. The Morgan fingerprint density at radius 1 is 1.00 bits per heavy atom. The van der Waals surface area contributed by atoms with Crippen LogP contribution in [0, 0.1) is 5.92 Å². The normalized spacial score (nSPS) is 18.7. The number of nitrogens with zero attached hydrogens (tertiary/aromatic N) is 3. The summed E-state index contributed by atoms with van der Waals surface area (Å²) in [6, 6.07) is 17.0. The van der Waals surface area contributed by atoms with Gasteiger partial charge in [-0.15, -0.1) is 0 Å². The van der Waals surface area contributed by atoms with E-state index in [4.69, 9.17) is 0 Å². The third kappa shape index (κ3) is 3.46. The molecule has 0 N–H and O–H groups in total. The second kappa shape index (κ2) is 6.76. The van der Waals surface area contributed by atoms with Gasteiger partial charge in [-0.05, 0) is 36.6 Å². The summed E-state index contributed by atoms with van der Waals surface area (Å²) in [5.41, 5.74) is 2.19. The fourth-order valence-corrected chi connectivity index (χ4v) is 3.78. The average Bonchev–Trinajstić information content (AvgIpc) is 3.21. The molecule has 1 aromatic heterocycles. The summed E-state index contributed by atoms with van der Waals surface area (Å²) >= 11 is 0. The molecule has 0 radical (unpaired) electrons. The number of alkyl halides is 3. The van der Waals surface area contributed by atoms with E-state index in [0.29, 0.717) is 17.6 Å². The van der Waals surface area contributed by atoms with Crippen LogP contribution in [0.5, 0.6) is 0 Å². The third-order valence-corrected chi connectivity index (χ3v) is 4.97. The van der Waals surface area contributed by atoms with E-state index in [1.165, 1.54) is 10.1 Å². The van der Waals surface area contributed by atoms with Gasteiger partial charge in [0.15, 0.2) is 0 Å². The smallest absolute Gasteiger partial charge is 0.320 e. The molecule has 0 unspecified atom stereocenters. The van der Waals surface area contributed by atoms with E-state index >= 15 is 0 Å². The van der Waals surface area contributed by atoms with Gasteiger partial charge in [-0.1, -0.05) is 42.5 Å². The van der Waals surface area contributed by atoms with Gasteiger partial charge in [0.2, 0.25) is 5.82 Å². The zero-order valence-corrected chi connectivity index (χ0v) is 14.3. The maximum atomic E-state index is 13.4. The molecule has 3 nitrogen and oxygen atoms in total. The highest BCUT2D eigenvalue weighted by atomic mass is 19.4. The summed E-state index contributed by atoms with van der Waals surface area (Å²) in [6.07, 6.45) is -3.54. The van der Waals surface area contributed by atoms with Crippen LogP contribution in [-0.2, 0) is 19.3 Å². The second-order valence-corrected chi connectivity index (χ2v) is 6.91. The predicted octanol–water partition coefficient (Wildman–Crippen LogP) is 4.58. The zero-order valence-electron chi connectivity index (χ0n) is 14.3. The Kier molecular flexibility index (Phi) is 4.44. The van der Waals surface area contributed by atoms with Crippen molar-refractivity contribution in [2.75, 3.05) is 13.1 Å². The summed E-state index contributed by atoms with van der Waals surface area (Å²) < 4.78 is 41.6. The van der Waals surface area contributed by atoms with Crippen LogP contribution in [0.2, 0.25) is 0 Å². The van der Waals surface area contributed by atoms with Crippen molar-refractivity contribution < 1.29 is 13.2 Å². The molecule has 1 atom stereocenters. The lowest BCUT2D eigenvalue weighted by molar-refractivity contribution is -0.147. The molecule has 0 saturated carbocycles. The van der Waals surface area contributed by atoms with Gasteiger partial charge in [0.05, 0.1) is 11.0 Å². The number of likely N-dealkylation sites (tertiary alicyclic amines) is 1. The third-order valence-electron chi connectivity index (χ3n) is 4.97. The first kappa shape index (κ1) is 17.1. The Morgan fingerprint density at radius 3 is 2.50 bits per heavy atom. The Balaban J connectivity index is 1.53. The Morgan fingerprint density at radius 2 is 1.73 bits per heavy atom. The number of hydrogen-bond acceptors (Lipinski definition) is 2. The fraction of sp³-hybridized carbons (Fsp3) is 0.350. The van der Waals surface area contributed by atoms with Crippen molar-refractivity contribution in [1.82, 2.24) is 14.5 Å². The molecule has 26 heavy (non-hydrogen) atoms. The molecule has 1 aliphatic rings. The van der Waals surface area contributed by atoms with E-state index in [1.54, 1.807) is 24.3 Å². The van der Waals surface area contributed by atoms with Crippen LogP contribution in [-0.4, -0.2) is 27.5 Å². The van der Waals surface area contributed by atoms with Crippen LogP contribution in [0.3, 0.4) is 0 Å². The van der Waals surface area contributed by atoms with E-state index in [-0.39, 0.29) is 5.92 Å². The molecule has 2 heterocycles. The van der Waals surface area contributed by atoms with Crippen molar-refractivity contribution in [3.63, 3.8) is 0 Å². The molecule has 3 aromatic rings. The molecule has 1 aliphatic heterocycles. The number of fused-ring (bicyclic) bond motifs is 1. The van der Waals surface area contributed by atoms with Crippen LogP contribution < -0.4 is 0 Å².